The van der Waals surface area contributed by atoms with Crippen LogP contribution in [0.5, 0.6) is 0 Å². The molecule has 0 unspecified atom stereocenters. The Morgan fingerprint density at radius 2 is 1.23 bits per heavy atom. The third-order valence-electron chi connectivity index (χ3n) is 0.368. The van der Waals surface area contributed by atoms with Crippen LogP contribution in [-0.2, 0) is 27.0 Å². The van der Waals surface area contributed by atoms with Crippen molar-refractivity contribution in [3.8, 4) is 0 Å². The van der Waals surface area contributed by atoms with E-state index in [0.29, 0.717) is 12.2 Å². The van der Waals surface area contributed by atoms with Crippen molar-refractivity contribution in [2.24, 2.45) is 0 Å². The van der Waals surface area contributed by atoms with Crippen LogP contribution >= 0.6 is 0 Å². The molecule has 0 aliphatic heterocycles. The first-order valence-corrected chi connectivity index (χ1v) is 2.31. The minimum absolute atomic E-state index is 0. The number of rotatable bonds is 2. The Labute approximate surface area is 82.3 Å². The summed E-state index contributed by atoms with van der Waals surface area (Å²) >= 11 is 0. The third-order valence-corrected chi connectivity index (χ3v) is 0.368. The molecule has 8 nitrogen and oxygen atoms in total. The second kappa shape index (κ2) is 10.4. The van der Waals surface area contributed by atoms with Gasteiger partial charge in [-0.3, -0.25) is 0 Å². The summed E-state index contributed by atoms with van der Waals surface area (Å²) in [5.41, 5.74) is 0. The maximum Gasteiger partial charge on any atom is 0.328 e. The summed E-state index contributed by atoms with van der Waals surface area (Å²) in [6.07, 6.45) is 1.12. The smallest absolute Gasteiger partial charge is 0.328 e. The van der Waals surface area contributed by atoms with Crippen LogP contribution in [0.25, 0.3) is 0 Å². The van der Waals surface area contributed by atoms with Gasteiger partial charge in [0.1, 0.15) is 0 Å². The maximum absolute atomic E-state index is 9.55. The van der Waals surface area contributed by atoms with Gasteiger partial charge in [0.05, 0.1) is 5.09 Å². The van der Waals surface area contributed by atoms with Crippen molar-refractivity contribution in [2.75, 3.05) is 0 Å². The van der Waals surface area contributed by atoms with Gasteiger partial charge in [-0.05, 0) is 0 Å². The zero-order chi connectivity index (χ0) is 10.1. The molecule has 0 aliphatic carbocycles. The van der Waals surface area contributed by atoms with Gasteiger partial charge < -0.3 is 25.5 Å². The van der Waals surface area contributed by atoms with Gasteiger partial charge in [-0.1, -0.05) is 0 Å². The molecule has 0 rings (SSSR count). The Balaban J connectivity index is -0.000000173. The molecular formula is C4H4CrNO7-. The number of carbonyl (C=O) groups is 2. The van der Waals surface area contributed by atoms with E-state index in [0.717, 1.165) is 0 Å². The number of hydrogen-bond donors (Lipinski definition) is 2. The SMILES string of the molecule is O=C(O)/C=C/C(=O)O.O=[N+]([O-])[O-].[Cr]. The second-order valence-electron chi connectivity index (χ2n) is 1.23. The summed E-state index contributed by atoms with van der Waals surface area (Å²) < 4.78 is 0. The summed E-state index contributed by atoms with van der Waals surface area (Å²) in [5.74, 6) is -2.51. The average Bonchev–Trinajstić information content (AvgIpc) is 1.82. The molecule has 2 N–H and O–H groups in total. The fourth-order valence-electron chi connectivity index (χ4n) is 0.143. The van der Waals surface area contributed by atoms with Gasteiger partial charge >= 0.3 is 11.9 Å². The van der Waals surface area contributed by atoms with Crippen molar-refractivity contribution in [3.05, 3.63) is 27.5 Å². The van der Waals surface area contributed by atoms with Crippen LogP contribution in [0, 0.1) is 15.3 Å². The van der Waals surface area contributed by atoms with E-state index in [1.165, 1.54) is 0 Å². The fourth-order valence-corrected chi connectivity index (χ4v) is 0.143. The van der Waals surface area contributed by atoms with E-state index in [2.05, 4.69) is 0 Å². The van der Waals surface area contributed by atoms with E-state index in [1.807, 2.05) is 0 Å². The number of aliphatic carboxylic acids is 2. The fraction of sp³-hybridized carbons (Fsp3) is 0. The summed E-state index contributed by atoms with van der Waals surface area (Å²) in [5, 5.41) is 30.4. The van der Waals surface area contributed by atoms with E-state index < -0.39 is 17.0 Å². The van der Waals surface area contributed by atoms with E-state index in [-0.39, 0.29) is 17.4 Å². The Hall–Kier alpha value is -1.59. The zero-order valence-electron chi connectivity index (χ0n) is 5.95. The molecule has 0 fully saturated rings. The molecule has 0 aromatic rings. The van der Waals surface area contributed by atoms with Gasteiger partial charge in [-0.2, -0.15) is 0 Å². The van der Waals surface area contributed by atoms with Crippen molar-refractivity contribution >= 4 is 11.9 Å². The summed E-state index contributed by atoms with van der Waals surface area (Å²) in [6, 6.07) is 0. The van der Waals surface area contributed by atoms with Crippen LogP contribution < -0.4 is 0 Å². The van der Waals surface area contributed by atoms with Crippen LogP contribution in [-0.4, -0.2) is 27.2 Å². The van der Waals surface area contributed by atoms with Crippen molar-refractivity contribution < 1.29 is 42.2 Å². The average molecular weight is 230 g/mol. The normalized spacial score (nSPS) is 7.69. The Morgan fingerprint density at radius 3 is 1.31 bits per heavy atom. The zero-order valence-corrected chi connectivity index (χ0v) is 7.22. The molecule has 0 saturated heterocycles. The molecule has 0 aromatic heterocycles. The van der Waals surface area contributed by atoms with Crippen molar-refractivity contribution in [1.82, 2.24) is 0 Å². The predicted octanol–water partition coefficient (Wildman–Crippen LogP) is -0.530. The first kappa shape index (κ1) is 17.5. The monoisotopic (exact) mass is 230 g/mol. The molecule has 0 aromatic carbocycles. The Bertz CT molecular complexity index is 193. The minimum Gasteiger partial charge on any atom is -0.478 e. The Morgan fingerprint density at radius 1 is 1.08 bits per heavy atom. The van der Waals surface area contributed by atoms with E-state index in [1.54, 1.807) is 0 Å². The summed E-state index contributed by atoms with van der Waals surface area (Å²) in [6.45, 7) is 0. The van der Waals surface area contributed by atoms with Gasteiger partial charge in [0, 0.05) is 29.5 Å². The molecule has 0 heterocycles. The molecule has 0 aliphatic rings. The quantitative estimate of drug-likeness (QED) is 0.369. The van der Waals surface area contributed by atoms with E-state index >= 15 is 0 Å². The van der Waals surface area contributed by atoms with Crippen molar-refractivity contribution in [2.45, 2.75) is 0 Å². The standard InChI is InChI=1S/C4H4O4.Cr.NO3/c5-3(6)1-2-4(7)8;;2-1(3)4/h1-2H,(H,5,6)(H,7,8);;/q;;-1/b2-1+;;. The summed E-state index contributed by atoms with van der Waals surface area (Å²) in [4.78, 5) is 27.4. The van der Waals surface area contributed by atoms with Crippen molar-refractivity contribution in [1.29, 1.82) is 0 Å². The molecule has 0 bridgehead atoms. The number of nitrogens with zero attached hydrogens (tertiary/aromatic N) is 1. The number of carboxylic acids is 2. The van der Waals surface area contributed by atoms with Gasteiger partial charge in [-0.15, -0.1) is 0 Å². The first-order valence-electron chi connectivity index (χ1n) is 2.31. The number of hydrogen-bond acceptors (Lipinski definition) is 5. The molecular weight excluding hydrogens is 226 g/mol. The van der Waals surface area contributed by atoms with Gasteiger partial charge in [0.2, 0.25) is 0 Å². The summed E-state index contributed by atoms with van der Waals surface area (Å²) in [7, 11) is 0. The Kier molecular flexibility index (Phi) is 14.0. The molecule has 13 heavy (non-hydrogen) atoms. The van der Waals surface area contributed by atoms with Crippen LogP contribution in [0.2, 0.25) is 0 Å². The maximum atomic E-state index is 9.55. The van der Waals surface area contributed by atoms with Crippen LogP contribution in [0.3, 0.4) is 0 Å². The van der Waals surface area contributed by atoms with Crippen LogP contribution in [0.15, 0.2) is 12.2 Å². The minimum atomic E-state index is -1.75. The molecule has 0 atom stereocenters. The third kappa shape index (κ3) is 63.3. The van der Waals surface area contributed by atoms with Crippen LogP contribution in [0.1, 0.15) is 0 Å². The second-order valence-corrected chi connectivity index (χ2v) is 1.23. The molecule has 0 amide bonds. The topological polar surface area (TPSA) is 141 Å². The van der Waals surface area contributed by atoms with Gasteiger partial charge in [0.25, 0.3) is 0 Å². The predicted molar refractivity (Wildman–Crippen MR) is 34.8 cm³/mol. The molecule has 0 spiro atoms. The first-order chi connectivity index (χ1) is 5.36. The van der Waals surface area contributed by atoms with E-state index in [9.17, 15) is 9.59 Å². The largest absolute Gasteiger partial charge is 0.478 e. The van der Waals surface area contributed by atoms with E-state index in [4.69, 9.17) is 25.5 Å². The molecule has 0 radical (unpaired) electrons. The van der Waals surface area contributed by atoms with Crippen LogP contribution in [0.4, 0.5) is 0 Å². The number of carboxylic acid groups (broad SMARTS) is 2. The molecule has 0 saturated carbocycles. The van der Waals surface area contributed by atoms with Gasteiger partial charge in [0.15, 0.2) is 0 Å². The van der Waals surface area contributed by atoms with Crippen molar-refractivity contribution in [3.63, 3.8) is 0 Å². The molecule has 9 heteroatoms. The molecule has 74 valence electrons. The van der Waals surface area contributed by atoms with Gasteiger partial charge in [-0.25, -0.2) is 9.59 Å².